The highest BCUT2D eigenvalue weighted by Gasteiger charge is 2.37. The van der Waals surface area contributed by atoms with E-state index in [0.717, 1.165) is 5.56 Å². The summed E-state index contributed by atoms with van der Waals surface area (Å²) < 4.78 is 19.6. The Morgan fingerprint density at radius 3 is 2.51 bits per heavy atom. The van der Waals surface area contributed by atoms with E-state index in [0.29, 0.717) is 40.6 Å². The van der Waals surface area contributed by atoms with Crippen LogP contribution in [0.25, 0.3) is 0 Å². The Balaban J connectivity index is 1.41. The van der Waals surface area contributed by atoms with Gasteiger partial charge in [-0.3, -0.25) is 14.5 Å². The number of carbonyl (C=O) groups excluding carboxylic acids is 2. The zero-order valence-electron chi connectivity index (χ0n) is 18.9. The molecule has 1 fully saturated rings. The molecule has 0 aromatic heterocycles. The molecule has 0 radical (unpaired) electrons. The fourth-order valence-corrected chi connectivity index (χ4v) is 4.27. The van der Waals surface area contributed by atoms with Crippen LogP contribution < -0.4 is 20.3 Å². The van der Waals surface area contributed by atoms with Gasteiger partial charge in [-0.25, -0.2) is 4.39 Å². The number of thiocarbonyl (C=S) groups is 1. The first-order valence-electron chi connectivity index (χ1n) is 11.0. The van der Waals surface area contributed by atoms with Gasteiger partial charge >= 0.3 is 0 Å². The van der Waals surface area contributed by atoms with Gasteiger partial charge in [-0.05, 0) is 90.8 Å². The van der Waals surface area contributed by atoms with Gasteiger partial charge in [-0.2, -0.15) is 0 Å². The summed E-state index contributed by atoms with van der Waals surface area (Å²) in [6.07, 6.45) is 0.950. The Kier molecular flexibility index (Phi) is 7.63. The second kappa shape index (κ2) is 10.8. The summed E-state index contributed by atoms with van der Waals surface area (Å²) in [6, 6.07) is 17.9. The summed E-state index contributed by atoms with van der Waals surface area (Å²) in [5.74, 6) is -0.393. The standard InChI is InChI=1S/C26H23ClFN3O3S/c1-34-21-11-8-19(9-12-21)29-24(32)15-23-25(33)31(26(35)30-23)20-10-13-22(28)17(14-20)5-2-16-3-6-18(27)7-4-16/h3-4,6-14,23H,2,5,15H2,1H3,(H,29,32)(H,30,35). The average molecular weight is 512 g/mol. The third-order valence-electron chi connectivity index (χ3n) is 5.67. The lowest BCUT2D eigenvalue weighted by Crippen LogP contribution is -2.34. The SMILES string of the molecule is COc1ccc(NC(=O)CC2NC(=S)N(c3ccc(F)c(CCc4ccc(Cl)cc4)c3)C2=O)cc1. The number of methoxy groups -OCH3 is 1. The topological polar surface area (TPSA) is 70.7 Å². The zero-order chi connectivity index (χ0) is 24.9. The quantitative estimate of drug-likeness (QED) is 0.421. The van der Waals surface area contributed by atoms with Crippen LogP contribution in [0.4, 0.5) is 15.8 Å². The van der Waals surface area contributed by atoms with Gasteiger partial charge in [0.25, 0.3) is 5.91 Å². The maximum atomic E-state index is 14.5. The van der Waals surface area contributed by atoms with E-state index in [1.807, 2.05) is 12.1 Å². The summed E-state index contributed by atoms with van der Waals surface area (Å²) in [6.45, 7) is 0. The molecule has 1 saturated heterocycles. The number of nitrogens with one attached hydrogen (secondary N) is 2. The number of ether oxygens (including phenoxy) is 1. The minimum absolute atomic E-state index is 0.105. The van der Waals surface area contributed by atoms with Crippen LogP contribution in [0.3, 0.4) is 0 Å². The molecule has 1 aliphatic rings. The monoisotopic (exact) mass is 511 g/mol. The number of nitrogens with zero attached hydrogens (tertiary/aromatic N) is 1. The maximum Gasteiger partial charge on any atom is 0.256 e. The molecule has 1 heterocycles. The van der Waals surface area contributed by atoms with Gasteiger partial charge in [-0.15, -0.1) is 0 Å². The molecule has 3 aromatic rings. The van der Waals surface area contributed by atoms with E-state index in [9.17, 15) is 14.0 Å². The van der Waals surface area contributed by atoms with Crippen molar-refractivity contribution in [3.63, 3.8) is 0 Å². The van der Waals surface area contributed by atoms with E-state index in [4.69, 9.17) is 28.6 Å². The molecule has 0 spiro atoms. The smallest absolute Gasteiger partial charge is 0.256 e. The zero-order valence-corrected chi connectivity index (χ0v) is 20.5. The highest BCUT2D eigenvalue weighted by atomic mass is 35.5. The number of hydrogen-bond acceptors (Lipinski definition) is 4. The number of amides is 2. The first-order chi connectivity index (χ1) is 16.8. The van der Waals surface area contributed by atoms with Crippen molar-refractivity contribution < 1.29 is 18.7 Å². The Morgan fingerprint density at radius 2 is 1.83 bits per heavy atom. The summed E-state index contributed by atoms with van der Waals surface area (Å²) in [4.78, 5) is 26.9. The highest BCUT2D eigenvalue weighted by Crippen LogP contribution is 2.25. The maximum absolute atomic E-state index is 14.5. The third-order valence-corrected chi connectivity index (χ3v) is 6.22. The van der Waals surface area contributed by atoms with E-state index in [1.54, 1.807) is 49.6 Å². The van der Waals surface area contributed by atoms with Gasteiger partial charge < -0.3 is 15.4 Å². The fraction of sp³-hybridized carbons (Fsp3) is 0.192. The molecule has 0 aliphatic carbocycles. The van der Waals surface area contributed by atoms with Crippen LogP contribution in [0, 0.1) is 5.82 Å². The van der Waals surface area contributed by atoms with Gasteiger partial charge in [0.05, 0.1) is 19.2 Å². The summed E-state index contributed by atoms with van der Waals surface area (Å²) in [5, 5.41) is 6.48. The minimum Gasteiger partial charge on any atom is -0.497 e. The molecule has 4 rings (SSSR count). The Bertz CT molecular complexity index is 1250. The fourth-order valence-electron chi connectivity index (χ4n) is 3.81. The van der Waals surface area contributed by atoms with E-state index in [-0.39, 0.29) is 29.2 Å². The van der Waals surface area contributed by atoms with Crippen molar-refractivity contribution in [3.05, 3.63) is 88.7 Å². The molecule has 1 unspecified atom stereocenters. The number of hydrogen-bond donors (Lipinski definition) is 2. The van der Waals surface area contributed by atoms with E-state index in [1.165, 1.54) is 17.0 Å². The lowest BCUT2D eigenvalue weighted by atomic mass is 10.0. The van der Waals surface area contributed by atoms with Gasteiger partial charge in [0.1, 0.15) is 17.6 Å². The summed E-state index contributed by atoms with van der Waals surface area (Å²) in [7, 11) is 1.56. The predicted molar refractivity (Wildman–Crippen MR) is 139 cm³/mol. The Labute approximate surface area is 213 Å². The minimum atomic E-state index is -0.816. The first kappa shape index (κ1) is 24.6. The van der Waals surface area contributed by atoms with Crippen LogP contribution in [-0.2, 0) is 22.4 Å². The molecule has 180 valence electrons. The molecule has 6 nitrogen and oxygen atoms in total. The van der Waals surface area contributed by atoms with Crippen LogP contribution in [0.15, 0.2) is 66.7 Å². The third kappa shape index (κ3) is 5.96. The number of aryl methyl sites for hydroxylation is 2. The van der Waals surface area contributed by atoms with E-state index in [2.05, 4.69) is 10.6 Å². The number of anilines is 2. The van der Waals surface area contributed by atoms with Crippen molar-refractivity contribution in [1.29, 1.82) is 0 Å². The van der Waals surface area contributed by atoms with Gasteiger partial charge in [0.15, 0.2) is 5.11 Å². The van der Waals surface area contributed by atoms with Crippen molar-refractivity contribution in [1.82, 2.24) is 5.32 Å². The van der Waals surface area contributed by atoms with E-state index < -0.39 is 6.04 Å². The van der Waals surface area contributed by atoms with Gasteiger partial charge in [0, 0.05) is 10.7 Å². The predicted octanol–water partition coefficient (Wildman–Crippen LogP) is 4.89. The van der Waals surface area contributed by atoms with Crippen LogP contribution >= 0.6 is 23.8 Å². The normalized spacial score (nSPS) is 15.2. The molecule has 9 heteroatoms. The molecule has 0 saturated carbocycles. The highest BCUT2D eigenvalue weighted by molar-refractivity contribution is 7.80. The molecule has 2 amide bonds. The van der Waals surface area contributed by atoms with Crippen molar-refractivity contribution in [3.8, 4) is 5.75 Å². The van der Waals surface area contributed by atoms with Crippen LogP contribution in [0.2, 0.25) is 5.02 Å². The number of benzene rings is 3. The van der Waals surface area contributed by atoms with Crippen LogP contribution in [0.5, 0.6) is 5.75 Å². The Morgan fingerprint density at radius 1 is 1.11 bits per heavy atom. The Hall–Kier alpha value is -3.49. The summed E-state index contributed by atoms with van der Waals surface area (Å²) in [5.41, 5.74) is 2.54. The van der Waals surface area contributed by atoms with Crippen LogP contribution in [0.1, 0.15) is 17.5 Å². The first-order valence-corrected chi connectivity index (χ1v) is 11.7. The van der Waals surface area contributed by atoms with Crippen molar-refractivity contribution in [2.75, 3.05) is 17.3 Å². The molecular formula is C26H23ClFN3O3S. The molecule has 0 bridgehead atoms. The largest absolute Gasteiger partial charge is 0.497 e. The second-order valence-corrected chi connectivity index (χ2v) is 8.88. The molecule has 1 aliphatic heterocycles. The van der Waals surface area contributed by atoms with Gasteiger partial charge in [0.2, 0.25) is 5.91 Å². The molecule has 35 heavy (non-hydrogen) atoms. The molecule has 1 atom stereocenters. The molecule has 3 aromatic carbocycles. The molecular weight excluding hydrogens is 489 g/mol. The average Bonchev–Trinajstić information content (AvgIpc) is 3.12. The van der Waals surface area contributed by atoms with Crippen molar-refractivity contribution in [2.45, 2.75) is 25.3 Å². The lowest BCUT2D eigenvalue weighted by Gasteiger charge is -2.16. The summed E-state index contributed by atoms with van der Waals surface area (Å²) >= 11 is 11.3. The number of carbonyl (C=O) groups is 2. The number of halogens is 2. The lowest BCUT2D eigenvalue weighted by molar-refractivity contribution is -0.122. The van der Waals surface area contributed by atoms with Gasteiger partial charge in [-0.1, -0.05) is 23.7 Å². The van der Waals surface area contributed by atoms with Crippen LogP contribution in [-0.4, -0.2) is 30.1 Å². The molecule has 2 N–H and O–H groups in total. The number of rotatable bonds is 8. The van der Waals surface area contributed by atoms with Crippen molar-refractivity contribution >= 4 is 52.1 Å². The van der Waals surface area contributed by atoms with Crippen molar-refractivity contribution in [2.24, 2.45) is 0 Å². The van der Waals surface area contributed by atoms with E-state index >= 15 is 0 Å². The second-order valence-electron chi connectivity index (χ2n) is 8.06.